The van der Waals surface area contributed by atoms with Crippen molar-refractivity contribution in [2.24, 2.45) is 12.8 Å². The fourth-order valence-electron chi connectivity index (χ4n) is 5.41. The van der Waals surface area contributed by atoms with E-state index in [0.717, 1.165) is 18.7 Å². The van der Waals surface area contributed by atoms with Crippen LogP contribution in [-0.4, -0.2) is 86.9 Å². The van der Waals surface area contributed by atoms with Gasteiger partial charge in [0.15, 0.2) is 11.6 Å². The molecule has 1 atom stereocenters. The third-order valence-electron chi connectivity index (χ3n) is 7.69. The van der Waals surface area contributed by atoms with Crippen LogP contribution in [0.5, 0.6) is 5.75 Å². The number of phenols is 1. The molecule has 45 heavy (non-hydrogen) atoms. The number of primary amides is 1. The molecule has 1 aromatic carbocycles. The second-order valence-corrected chi connectivity index (χ2v) is 11.1. The highest BCUT2D eigenvalue weighted by Crippen LogP contribution is 2.34. The van der Waals surface area contributed by atoms with E-state index in [4.69, 9.17) is 22.1 Å². The van der Waals surface area contributed by atoms with Crippen molar-refractivity contribution in [2.45, 2.75) is 19.5 Å². The molecule has 5 rings (SSSR count). The molecule has 0 aliphatic carbocycles. The SMILES string of the molecule is COCCN1CCN(c2cc(NC(=O)Cn3cc(-c4cc(F)c(O)c(C(N)=O)c4)c4c(=O)n(C)cnc43)c(Cl)c(F)n2)[C@@H](C)C1. The van der Waals surface area contributed by atoms with Crippen LogP contribution in [-0.2, 0) is 23.1 Å². The summed E-state index contributed by atoms with van der Waals surface area (Å²) in [4.78, 5) is 50.7. The first-order chi connectivity index (χ1) is 21.4. The molecule has 16 heteroatoms. The molecule has 0 radical (unpaired) electrons. The maximum atomic E-state index is 14.9. The third-order valence-corrected chi connectivity index (χ3v) is 8.05. The molecule has 0 unspecified atom stereocenters. The number of aryl methyl sites for hydroxylation is 1. The smallest absolute Gasteiger partial charge is 0.263 e. The van der Waals surface area contributed by atoms with E-state index in [-0.39, 0.29) is 38.9 Å². The van der Waals surface area contributed by atoms with Gasteiger partial charge in [-0.05, 0) is 24.6 Å². The minimum absolute atomic E-state index is 0.00504. The molecule has 3 aromatic heterocycles. The van der Waals surface area contributed by atoms with Gasteiger partial charge in [0.05, 0.1) is 29.6 Å². The summed E-state index contributed by atoms with van der Waals surface area (Å²) in [6.45, 7) is 4.94. The van der Waals surface area contributed by atoms with Crippen LogP contribution in [0.15, 0.2) is 35.5 Å². The molecule has 1 aliphatic rings. The van der Waals surface area contributed by atoms with Crippen LogP contribution in [0.2, 0.25) is 5.02 Å². The van der Waals surface area contributed by atoms with Gasteiger partial charge in [0.2, 0.25) is 11.9 Å². The molecule has 1 aliphatic heterocycles. The van der Waals surface area contributed by atoms with Crippen molar-refractivity contribution in [3.63, 3.8) is 0 Å². The van der Waals surface area contributed by atoms with Crippen LogP contribution < -0.4 is 21.5 Å². The average molecular weight is 645 g/mol. The third kappa shape index (κ3) is 6.32. The molecule has 0 saturated carbocycles. The molecule has 238 valence electrons. The van der Waals surface area contributed by atoms with Crippen LogP contribution >= 0.6 is 11.6 Å². The minimum atomic E-state index is -1.13. The molecular weight excluding hydrogens is 614 g/mol. The van der Waals surface area contributed by atoms with Gasteiger partial charge in [-0.25, -0.2) is 14.4 Å². The van der Waals surface area contributed by atoms with Crippen LogP contribution in [0.4, 0.5) is 20.3 Å². The van der Waals surface area contributed by atoms with Crippen molar-refractivity contribution in [1.29, 1.82) is 0 Å². The Bertz CT molecular complexity index is 1860. The molecule has 4 N–H and O–H groups in total. The van der Waals surface area contributed by atoms with Gasteiger partial charge in [0.1, 0.15) is 23.0 Å². The lowest BCUT2D eigenvalue weighted by Gasteiger charge is -2.40. The van der Waals surface area contributed by atoms with Crippen molar-refractivity contribution in [2.75, 3.05) is 50.1 Å². The van der Waals surface area contributed by atoms with Crippen LogP contribution in [0.25, 0.3) is 22.2 Å². The number of fused-ring (bicyclic) bond motifs is 1. The van der Waals surface area contributed by atoms with Gasteiger partial charge in [0.25, 0.3) is 11.5 Å². The summed E-state index contributed by atoms with van der Waals surface area (Å²) in [6.07, 6.45) is 2.65. The highest BCUT2D eigenvalue weighted by atomic mass is 35.5. The lowest BCUT2D eigenvalue weighted by atomic mass is 10.0. The summed E-state index contributed by atoms with van der Waals surface area (Å²) in [5, 5.41) is 12.2. The summed E-state index contributed by atoms with van der Waals surface area (Å²) in [6, 6.07) is 3.58. The second-order valence-electron chi connectivity index (χ2n) is 10.8. The lowest BCUT2D eigenvalue weighted by Crippen LogP contribution is -2.53. The summed E-state index contributed by atoms with van der Waals surface area (Å²) < 4.78 is 37.2. The van der Waals surface area contributed by atoms with E-state index < -0.39 is 47.0 Å². The lowest BCUT2D eigenvalue weighted by molar-refractivity contribution is -0.116. The molecule has 13 nitrogen and oxygen atoms in total. The van der Waals surface area contributed by atoms with Gasteiger partial charge < -0.3 is 34.9 Å². The second kappa shape index (κ2) is 12.8. The van der Waals surface area contributed by atoms with Gasteiger partial charge >= 0.3 is 0 Å². The Labute approximate surface area is 260 Å². The van der Waals surface area contributed by atoms with Crippen LogP contribution in [0.1, 0.15) is 17.3 Å². The Kier molecular flexibility index (Phi) is 9.04. The number of pyridine rings is 1. The number of nitrogens with two attached hydrogens (primary N) is 1. The summed E-state index contributed by atoms with van der Waals surface area (Å²) >= 11 is 6.20. The number of hydrogen-bond acceptors (Lipinski definition) is 9. The van der Waals surface area contributed by atoms with E-state index in [2.05, 4.69) is 20.2 Å². The van der Waals surface area contributed by atoms with E-state index in [1.54, 1.807) is 7.11 Å². The standard InChI is InChI=1S/C29H31ClF2N8O5/c1-15-11-38(6-7-45-3)4-5-40(15)21-10-20(24(30)26(32)36-21)35-22(41)13-39-12-18(23-28(39)34-14-37(2)29(23)44)16-8-17(27(33)43)25(42)19(31)9-16/h8-10,12,14-15,42H,4-7,11,13H2,1-3H3,(H2,33,43)(H,35,36,41)/t15-/m0/s1. The van der Waals surface area contributed by atoms with Gasteiger partial charge in [-0.3, -0.25) is 19.3 Å². The van der Waals surface area contributed by atoms with E-state index in [9.17, 15) is 28.3 Å². The number of nitrogens with one attached hydrogen (secondary N) is 1. The van der Waals surface area contributed by atoms with Gasteiger partial charge in [-0.15, -0.1) is 0 Å². The number of anilines is 2. The zero-order chi connectivity index (χ0) is 32.6. The average Bonchev–Trinajstić information content (AvgIpc) is 3.35. The first kappa shape index (κ1) is 31.8. The number of hydrogen-bond donors (Lipinski definition) is 3. The monoisotopic (exact) mass is 644 g/mol. The summed E-state index contributed by atoms with van der Waals surface area (Å²) in [5.41, 5.74) is 4.59. The molecule has 0 bridgehead atoms. The zero-order valence-corrected chi connectivity index (χ0v) is 25.4. The van der Waals surface area contributed by atoms with Crippen molar-refractivity contribution in [3.8, 4) is 16.9 Å². The fraction of sp³-hybridized carbons (Fsp3) is 0.345. The molecule has 4 aromatic rings. The first-order valence-corrected chi connectivity index (χ1v) is 14.3. The number of carbonyl (C=O) groups excluding carboxylic acids is 2. The number of nitrogens with zero attached hydrogens (tertiary/aromatic N) is 6. The number of rotatable bonds is 9. The van der Waals surface area contributed by atoms with Crippen molar-refractivity contribution >= 4 is 46.0 Å². The number of amides is 2. The predicted octanol–water partition coefficient (Wildman–Crippen LogP) is 2.33. The van der Waals surface area contributed by atoms with Crippen molar-refractivity contribution < 1.29 is 28.2 Å². The van der Waals surface area contributed by atoms with E-state index in [1.165, 1.54) is 34.8 Å². The van der Waals surface area contributed by atoms with Crippen LogP contribution in [0.3, 0.4) is 0 Å². The quantitative estimate of drug-likeness (QED) is 0.232. The highest BCUT2D eigenvalue weighted by Gasteiger charge is 2.27. The first-order valence-electron chi connectivity index (χ1n) is 13.9. The Morgan fingerprint density at radius 3 is 2.69 bits per heavy atom. The number of halogens is 3. The number of benzene rings is 1. The fourth-order valence-corrected chi connectivity index (χ4v) is 5.56. The van der Waals surface area contributed by atoms with Gasteiger partial charge in [-0.1, -0.05) is 11.6 Å². The number of piperazine rings is 1. The topological polar surface area (TPSA) is 161 Å². The predicted molar refractivity (Wildman–Crippen MR) is 164 cm³/mol. The summed E-state index contributed by atoms with van der Waals surface area (Å²) in [5.74, 6) is -4.40. The Hall–Kier alpha value is -4.60. The van der Waals surface area contributed by atoms with Gasteiger partial charge in [0, 0.05) is 64.2 Å². The molecular formula is C29H31ClF2N8O5. The maximum Gasteiger partial charge on any atom is 0.263 e. The zero-order valence-electron chi connectivity index (χ0n) is 24.7. The molecule has 1 fully saturated rings. The van der Waals surface area contributed by atoms with E-state index in [0.29, 0.717) is 32.1 Å². The Morgan fingerprint density at radius 2 is 2.00 bits per heavy atom. The maximum absolute atomic E-state index is 14.9. The number of ether oxygens (including phenoxy) is 1. The molecule has 4 heterocycles. The molecule has 0 spiro atoms. The number of aromatic nitrogens is 4. The molecule has 1 saturated heterocycles. The number of carbonyl (C=O) groups is 2. The largest absolute Gasteiger partial charge is 0.504 e. The van der Waals surface area contributed by atoms with Crippen molar-refractivity contribution in [1.82, 2.24) is 24.0 Å². The van der Waals surface area contributed by atoms with Crippen LogP contribution in [0, 0.1) is 11.8 Å². The highest BCUT2D eigenvalue weighted by molar-refractivity contribution is 6.33. The number of methoxy groups -OCH3 is 1. The van der Waals surface area contributed by atoms with E-state index >= 15 is 0 Å². The number of aromatic hydroxyl groups is 1. The normalized spacial score (nSPS) is 15.5. The van der Waals surface area contributed by atoms with Crippen molar-refractivity contribution in [3.05, 3.63) is 63.4 Å². The van der Waals surface area contributed by atoms with E-state index in [1.807, 2.05) is 11.8 Å². The Balaban J connectivity index is 1.45. The summed E-state index contributed by atoms with van der Waals surface area (Å²) in [7, 11) is 3.11. The minimum Gasteiger partial charge on any atom is -0.504 e. The Morgan fingerprint density at radius 1 is 1.24 bits per heavy atom. The van der Waals surface area contributed by atoms with Gasteiger partial charge in [-0.2, -0.15) is 4.39 Å². The molecule has 2 amide bonds.